The Morgan fingerprint density at radius 2 is 2.21 bits per heavy atom. The lowest BCUT2D eigenvalue weighted by molar-refractivity contribution is -0.138. The van der Waals surface area contributed by atoms with Crippen molar-refractivity contribution in [1.29, 1.82) is 0 Å². The zero-order chi connectivity index (χ0) is 10.8. The van der Waals surface area contributed by atoms with Crippen LogP contribution in [0.15, 0.2) is 30.7 Å². The Kier molecular flexibility index (Phi) is 6.82. The summed E-state index contributed by atoms with van der Waals surface area (Å²) >= 11 is 0. The van der Waals surface area contributed by atoms with E-state index in [4.69, 9.17) is 5.11 Å². The van der Waals surface area contributed by atoms with Gasteiger partial charge in [0.1, 0.15) is 6.26 Å². The molecule has 14 heavy (non-hydrogen) atoms. The molecule has 4 heteroatoms. The summed E-state index contributed by atoms with van der Waals surface area (Å²) in [6.45, 7) is 3.37. The summed E-state index contributed by atoms with van der Waals surface area (Å²) in [5.74, 6) is -1.29. The summed E-state index contributed by atoms with van der Waals surface area (Å²) in [4.78, 5) is 20.8. The molecule has 0 fully saturated rings. The van der Waals surface area contributed by atoms with Gasteiger partial charge in [-0.25, -0.2) is 0 Å². The second-order valence-electron chi connectivity index (χ2n) is 2.40. The third-order valence-electron chi connectivity index (χ3n) is 1.19. The topological polar surface area (TPSA) is 63.6 Å². The largest absolute Gasteiger partial charge is 0.481 e. The van der Waals surface area contributed by atoms with Gasteiger partial charge >= 0.3 is 11.9 Å². The molecule has 0 heterocycles. The maximum absolute atomic E-state index is 10.7. The maximum Gasteiger partial charge on any atom is 0.315 e. The molecule has 4 nitrogen and oxygen atoms in total. The van der Waals surface area contributed by atoms with E-state index in [1.54, 1.807) is 0 Å². The van der Waals surface area contributed by atoms with Crippen molar-refractivity contribution in [2.24, 2.45) is 0 Å². The zero-order valence-electron chi connectivity index (χ0n) is 7.73. The first-order valence-electron chi connectivity index (χ1n) is 4.08. The molecule has 0 saturated heterocycles. The normalized spacial score (nSPS) is 8.29. The summed E-state index contributed by atoms with van der Waals surface area (Å²) in [7, 11) is 0. The van der Waals surface area contributed by atoms with E-state index in [9.17, 15) is 9.59 Å². The number of ether oxygens (including phenoxy) is 1. The first-order chi connectivity index (χ1) is 6.66. The first-order valence-corrected chi connectivity index (χ1v) is 4.08. The Bertz CT molecular complexity index is 272. The SMILES string of the molecule is C=CCC(=O)OC=C=CCCC(=O)O. The Labute approximate surface area is 82.2 Å². The molecule has 0 aliphatic carbocycles. The molecular weight excluding hydrogens is 184 g/mol. The van der Waals surface area contributed by atoms with Crippen LogP contribution in [0.2, 0.25) is 0 Å². The van der Waals surface area contributed by atoms with Gasteiger partial charge in [0.25, 0.3) is 0 Å². The Morgan fingerprint density at radius 1 is 1.50 bits per heavy atom. The van der Waals surface area contributed by atoms with Crippen molar-refractivity contribution in [3.05, 3.63) is 30.7 Å². The number of carboxylic acid groups (broad SMARTS) is 1. The van der Waals surface area contributed by atoms with Crippen LogP contribution < -0.4 is 0 Å². The lowest BCUT2D eigenvalue weighted by Crippen LogP contribution is -1.95. The average molecular weight is 196 g/mol. The Morgan fingerprint density at radius 3 is 2.79 bits per heavy atom. The fourth-order valence-electron chi connectivity index (χ4n) is 0.593. The van der Waals surface area contributed by atoms with E-state index in [-0.39, 0.29) is 12.8 Å². The third-order valence-corrected chi connectivity index (χ3v) is 1.19. The quantitative estimate of drug-likeness (QED) is 0.303. The minimum Gasteiger partial charge on any atom is -0.481 e. The number of carbonyl (C=O) groups excluding carboxylic acids is 1. The molecule has 0 atom stereocenters. The molecule has 0 aliphatic rings. The van der Waals surface area contributed by atoms with E-state index in [0.29, 0.717) is 6.42 Å². The maximum atomic E-state index is 10.7. The fourth-order valence-corrected chi connectivity index (χ4v) is 0.593. The van der Waals surface area contributed by atoms with Gasteiger partial charge in [-0.3, -0.25) is 9.59 Å². The van der Waals surface area contributed by atoms with Gasteiger partial charge in [-0.2, -0.15) is 0 Å². The molecule has 0 saturated carbocycles. The van der Waals surface area contributed by atoms with Crippen LogP contribution in [0.3, 0.4) is 0 Å². The van der Waals surface area contributed by atoms with Crippen LogP contribution in [0, 0.1) is 0 Å². The van der Waals surface area contributed by atoms with E-state index in [1.165, 1.54) is 12.2 Å². The standard InChI is InChI=1S/C10H12O4/c1-2-6-10(13)14-8-5-3-4-7-9(11)12/h2-3,8H,1,4,6-7H2,(H,11,12). The van der Waals surface area contributed by atoms with Crippen LogP contribution in [0.5, 0.6) is 0 Å². The summed E-state index contributed by atoms with van der Waals surface area (Å²) < 4.78 is 4.56. The second kappa shape index (κ2) is 7.83. The predicted octanol–water partition coefficient (Wildman–Crippen LogP) is 1.64. The van der Waals surface area contributed by atoms with Crippen molar-refractivity contribution in [2.45, 2.75) is 19.3 Å². The molecule has 0 radical (unpaired) electrons. The van der Waals surface area contributed by atoms with Crippen molar-refractivity contribution >= 4 is 11.9 Å². The average Bonchev–Trinajstić information content (AvgIpc) is 2.11. The second-order valence-corrected chi connectivity index (χ2v) is 2.40. The van der Waals surface area contributed by atoms with E-state index >= 15 is 0 Å². The molecule has 0 bridgehead atoms. The van der Waals surface area contributed by atoms with E-state index in [2.05, 4.69) is 17.0 Å². The van der Waals surface area contributed by atoms with Gasteiger partial charge in [0.15, 0.2) is 0 Å². The monoisotopic (exact) mass is 196 g/mol. The van der Waals surface area contributed by atoms with Gasteiger partial charge in [-0.15, -0.1) is 6.58 Å². The lowest BCUT2D eigenvalue weighted by Gasteiger charge is -1.90. The molecule has 0 aromatic heterocycles. The van der Waals surface area contributed by atoms with Crippen LogP contribution in [0.4, 0.5) is 0 Å². The highest BCUT2D eigenvalue weighted by Gasteiger charge is 1.93. The van der Waals surface area contributed by atoms with Crippen LogP contribution in [0.25, 0.3) is 0 Å². The van der Waals surface area contributed by atoms with E-state index < -0.39 is 11.9 Å². The van der Waals surface area contributed by atoms with Gasteiger partial charge in [-0.05, 0) is 12.5 Å². The number of hydrogen-bond acceptors (Lipinski definition) is 3. The molecule has 0 amide bonds. The molecule has 76 valence electrons. The molecule has 0 aliphatic heterocycles. The predicted molar refractivity (Wildman–Crippen MR) is 50.4 cm³/mol. The summed E-state index contributed by atoms with van der Waals surface area (Å²) in [6, 6.07) is 0. The van der Waals surface area contributed by atoms with Crippen LogP contribution in [0.1, 0.15) is 19.3 Å². The smallest absolute Gasteiger partial charge is 0.315 e. The van der Waals surface area contributed by atoms with Crippen LogP contribution in [-0.2, 0) is 14.3 Å². The van der Waals surface area contributed by atoms with Crippen molar-refractivity contribution < 1.29 is 19.4 Å². The van der Waals surface area contributed by atoms with E-state index in [1.807, 2.05) is 0 Å². The first kappa shape index (κ1) is 12.2. The zero-order valence-corrected chi connectivity index (χ0v) is 7.73. The summed E-state index contributed by atoms with van der Waals surface area (Å²) in [5.41, 5.74) is 2.54. The Balaban J connectivity index is 3.65. The highest BCUT2D eigenvalue weighted by atomic mass is 16.5. The summed E-state index contributed by atoms with van der Waals surface area (Å²) in [6.07, 6.45) is 4.59. The lowest BCUT2D eigenvalue weighted by atomic mass is 10.3. The Hall–Kier alpha value is -1.80. The number of rotatable bonds is 6. The molecule has 0 aromatic carbocycles. The molecule has 0 spiro atoms. The molecule has 1 N–H and O–H groups in total. The van der Waals surface area contributed by atoms with Crippen molar-refractivity contribution in [1.82, 2.24) is 0 Å². The number of carbonyl (C=O) groups is 2. The third kappa shape index (κ3) is 8.30. The van der Waals surface area contributed by atoms with Crippen molar-refractivity contribution in [2.75, 3.05) is 0 Å². The number of hydrogen-bond donors (Lipinski definition) is 1. The van der Waals surface area contributed by atoms with Gasteiger partial charge in [0, 0.05) is 6.42 Å². The van der Waals surface area contributed by atoms with Gasteiger partial charge in [0.2, 0.25) is 0 Å². The number of carboxylic acids is 1. The number of allylic oxidation sites excluding steroid dienone is 1. The van der Waals surface area contributed by atoms with Gasteiger partial charge in [0.05, 0.1) is 6.42 Å². The van der Waals surface area contributed by atoms with Crippen molar-refractivity contribution in [3.8, 4) is 0 Å². The van der Waals surface area contributed by atoms with Crippen LogP contribution in [-0.4, -0.2) is 17.0 Å². The summed E-state index contributed by atoms with van der Waals surface area (Å²) in [5, 5.41) is 8.27. The number of esters is 1. The fraction of sp³-hybridized carbons (Fsp3) is 0.300. The number of aliphatic carboxylic acids is 1. The van der Waals surface area contributed by atoms with Gasteiger partial charge < -0.3 is 9.84 Å². The molecule has 0 aromatic rings. The van der Waals surface area contributed by atoms with Crippen LogP contribution >= 0.6 is 0 Å². The minimum atomic E-state index is -0.869. The molecule has 0 rings (SSSR count). The highest BCUT2D eigenvalue weighted by molar-refractivity contribution is 5.71. The highest BCUT2D eigenvalue weighted by Crippen LogP contribution is 1.90. The molecule has 0 unspecified atom stereocenters. The van der Waals surface area contributed by atoms with E-state index in [0.717, 1.165) is 6.26 Å². The minimum absolute atomic E-state index is 0.0431. The molecular formula is C10H12O4. The van der Waals surface area contributed by atoms with Crippen molar-refractivity contribution in [3.63, 3.8) is 0 Å². The van der Waals surface area contributed by atoms with Gasteiger partial charge in [-0.1, -0.05) is 11.8 Å².